The van der Waals surface area contributed by atoms with Crippen LogP contribution in [0.5, 0.6) is 5.75 Å². The number of rotatable bonds is 2. The Morgan fingerprint density at radius 3 is 2.45 bits per heavy atom. The molecule has 9 heteroatoms. The number of aromatic nitrogens is 3. The van der Waals surface area contributed by atoms with Crippen LogP contribution in [0.25, 0.3) is 16.7 Å². The predicted octanol–water partition coefficient (Wildman–Crippen LogP) is 4.58. The Morgan fingerprint density at radius 1 is 1.14 bits per heavy atom. The van der Waals surface area contributed by atoms with E-state index in [1.807, 2.05) is 22.6 Å². The molecule has 22 heavy (non-hydrogen) atoms. The molecular weight excluding hydrogens is 434 g/mol. The number of hydrogen-bond donors (Lipinski definition) is 0. The van der Waals surface area contributed by atoms with E-state index in [1.165, 1.54) is 28.9 Å². The third-order valence-corrected chi connectivity index (χ3v) is 3.86. The molecule has 4 nitrogen and oxygen atoms in total. The second kappa shape index (κ2) is 5.58. The van der Waals surface area contributed by atoms with Gasteiger partial charge in [0.15, 0.2) is 5.65 Å². The van der Waals surface area contributed by atoms with Gasteiger partial charge in [0.2, 0.25) is 0 Å². The van der Waals surface area contributed by atoms with Crippen LogP contribution in [0, 0.1) is 3.70 Å². The van der Waals surface area contributed by atoms with Crippen LogP contribution in [0.4, 0.5) is 13.2 Å². The Balaban J connectivity index is 2.03. The highest BCUT2D eigenvalue weighted by Gasteiger charge is 2.31. The molecule has 0 aliphatic heterocycles. The predicted molar refractivity (Wildman–Crippen MR) is 83.3 cm³/mol. The first-order chi connectivity index (χ1) is 10.3. The maximum atomic E-state index is 12.2. The van der Waals surface area contributed by atoms with Crippen LogP contribution < -0.4 is 4.74 Å². The van der Waals surface area contributed by atoms with Crippen molar-refractivity contribution in [2.75, 3.05) is 0 Å². The van der Waals surface area contributed by atoms with Crippen LogP contribution >= 0.6 is 34.2 Å². The van der Waals surface area contributed by atoms with Crippen molar-refractivity contribution in [1.82, 2.24) is 14.8 Å². The molecule has 1 aromatic carbocycles. The molecule has 114 valence electrons. The summed E-state index contributed by atoms with van der Waals surface area (Å²) >= 11 is 8.14. The van der Waals surface area contributed by atoms with E-state index in [2.05, 4.69) is 14.8 Å². The van der Waals surface area contributed by atoms with E-state index in [1.54, 1.807) is 12.3 Å². The summed E-state index contributed by atoms with van der Waals surface area (Å²) in [6.07, 6.45) is -3.18. The fraction of sp³-hybridized carbons (Fsp3) is 0.0769. The minimum absolute atomic E-state index is 0.298. The van der Waals surface area contributed by atoms with Crippen LogP contribution in [-0.4, -0.2) is 21.1 Å². The van der Waals surface area contributed by atoms with Crippen molar-refractivity contribution in [3.8, 4) is 11.4 Å². The van der Waals surface area contributed by atoms with Crippen LogP contribution in [-0.2, 0) is 0 Å². The molecule has 0 fully saturated rings. The molecule has 3 rings (SSSR count). The third-order valence-electron chi connectivity index (χ3n) is 2.79. The SMILES string of the molecule is FC(F)(F)Oc1ccc(-n2nc(I)c3c(Cl)ccnc32)cc1. The minimum Gasteiger partial charge on any atom is -0.406 e. The standard InChI is InChI=1S/C13H6ClF3IN3O/c14-9-5-6-19-12-10(9)11(18)20-21(12)7-1-3-8(4-2-7)22-13(15,16)17/h1-6H. The lowest BCUT2D eigenvalue weighted by Crippen LogP contribution is -2.17. The maximum absolute atomic E-state index is 12.2. The highest BCUT2D eigenvalue weighted by Crippen LogP contribution is 2.29. The van der Waals surface area contributed by atoms with E-state index in [9.17, 15) is 13.2 Å². The molecule has 3 aromatic rings. The monoisotopic (exact) mass is 439 g/mol. The normalized spacial score (nSPS) is 11.9. The molecule has 0 bridgehead atoms. The van der Waals surface area contributed by atoms with Crippen LogP contribution in [0.15, 0.2) is 36.5 Å². The van der Waals surface area contributed by atoms with E-state index < -0.39 is 6.36 Å². The van der Waals surface area contributed by atoms with Crippen LogP contribution in [0.1, 0.15) is 0 Å². The number of alkyl halides is 3. The van der Waals surface area contributed by atoms with Crippen LogP contribution in [0.2, 0.25) is 5.02 Å². The van der Waals surface area contributed by atoms with Gasteiger partial charge in [0.1, 0.15) is 9.45 Å². The molecule has 0 N–H and O–H groups in total. The molecule has 0 unspecified atom stereocenters. The topological polar surface area (TPSA) is 39.9 Å². The van der Waals surface area contributed by atoms with Gasteiger partial charge in [-0.25, -0.2) is 9.67 Å². The summed E-state index contributed by atoms with van der Waals surface area (Å²) in [5, 5.41) is 5.52. The van der Waals surface area contributed by atoms with Crippen molar-refractivity contribution in [3.63, 3.8) is 0 Å². The van der Waals surface area contributed by atoms with Gasteiger partial charge in [0, 0.05) is 6.20 Å². The summed E-state index contributed by atoms with van der Waals surface area (Å²) in [6.45, 7) is 0. The molecular formula is C13H6ClF3IN3O. The highest BCUT2D eigenvalue weighted by atomic mass is 127. The van der Waals surface area contributed by atoms with Crippen molar-refractivity contribution in [2.24, 2.45) is 0 Å². The van der Waals surface area contributed by atoms with Gasteiger partial charge in [-0.15, -0.1) is 13.2 Å². The quantitative estimate of drug-likeness (QED) is 0.549. The second-order valence-corrected chi connectivity index (χ2v) is 5.66. The minimum atomic E-state index is -4.72. The number of hydrogen-bond acceptors (Lipinski definition) is 3. The summed E-state index contributed by atoms with van der Waals surface area (Å²) in [5.41, 5.74) is 1.08. The zero-order valence-corrected chi connectivity index (χ0v) is 13.5. The summed E-state index contributed by atoms with van der Waals surface area (Å²) in [5.74, 6) is -0.298. The number of pyridine rings is 1. The average molecular weight is 440 g/mol. The summed E-state index contributed by atoms with van der Waals surface area (Å²) in [6, 6.07) is 7.01. The summed E-state index contributed by atoms with van der Waals surface area (Å²) in [7, 11) is 0. The fourth-order valence-corrected chi connectivity index (χ4v) is 3.07. The van der Waals surface area contributed by atoms with E-state index in [-0.39, 0.29) is 5.75 Å². The first kappa shape index (κ1) is 15.3. The number of ether oxygens (including phenoxy) is 1. The molecule has 0 atom stereocenters. The van der Waals surface area contributed by atoms with Gasteiger partial charge in [0.05, 0.1) is 16.1 Å². The average Bonchev–Trinajstić information content (AvgIpc) is 2.77. The summed E-state index contributed by atoms with van der Waals surface area (Å²) < 4.78 is 42.5. The number of halogens is 5. The fourth-order valence-electron chi connectivity index (χ4n) is 1.93. The highest BCUT2D eigenvalue weighted by molar-refractivity contribution is 14.1. The Bertz CT molecular complexity index is 833. The van der Waals surface area contributed by atoms with Gasteiger partial charge in [-0.1, -0.05) is 11.6 Å². The van der Waals surface area contributed by atoms with E-state index in [0.717, 1.165) is 0 Å². The number of benzene rings is 1. The second-order valence-electron chi connectivity index (χ2n) is 4.24. The third kappa shape index (κ3) is 2.98. The van der Waals surface area contributed by atoms with Crippen LogP contribution in [0.3, 0.4) is 0 Å². The van der Waals surface area contributed by atoms with Crippen molar-refractivity contribution >= 4 is 45.2 Å². The van der Waals surface area contributed by atoms with Gasteiger partial charge in [-0.3, -0.25) is 0 Å². The van der Waals surface area contributed by atoms with E-state index in [0.29, 0.717) is 25.4 Å². The lowest BCUT2D eigenvalue weighted by Gasteiger charge is -2.09. The molecule has 0 spiro atoms. The molecule has 0 radical (unpaired) electrons. The lowest BCUT2D eigenvalue weighted by molar-refractivity contribution is -0.274. The maximum Gasteiger partial charge on any atom is 0.573 e. The molecule has 2 aromatic heterocycles. The van der Waals surface area contributed by atoms with Crippen molar-refractivity contribution in [1.29, 1.82) is 0 Å². The van der Waals surface area contributed by atoms with E-state index in [4.69, 9.17) is 11.6 Å². The number of nitrogens with zero attached hydrogens (tertiary/aromatic N) is 3. The van der Waals surface area contributed by atoms with Crippen molar-refractivity contribution in [2.45, 2.75) is 6.36 Å². The van der Waals surface area contributed by atoms with Gasteiger partial charge in [-0.05, 0) is 52.9 Å². The molecule has 0 aliphatic carbocycles. The van der Waals surface area contributed by atoms with Gasteiger partial charge < -0.3 is 4.74 Å². The van der Waals surface area contributed by atoms with Crippen molar-refractivity contribution < 1.29 is 17.9 Å². The Morgan fingerprint density at radius 2 is 1.82 bits per heavy atom. The molecule has 0 saturated carbocycles. The molecule has 0 amide bonds. The zero-order valence-electron chi connectivity index (χ0n) is 10.6. The summed E-state index contributed by atoms with van der Waals surface area (Å²) in [4.78, 5) is 4.22. The first-order valence-electron chi connectivity index (χ1n) is 5.90. The number of fused-ring (bicyclic) bond motifs is 1. The lowest BCUT2D eigenvalue weighted by atomic mass is 10.3. The Labute approximate surface area is 141 Å². The molecule has 2 heterocycles. The van der Waals surface area contributed by atoms with Gasteiger partial charge >= 0.3 is 6.36 Å². The van der Waals surface area contributed by atoms with E-state index >= 15 is 0 Å². The largest absolute Gasteiger partial charge is 0.573 e. The van der Waals surface area contributed by atoms with Gasteiger partial charge in [0.25, 0.3) is 0 Å². The first-order valence-corrected chi connectivity index (χ1v) is 7.36. The molecule has 0 aliphatic rings. The molecule has 0 saturated heterocycles. The zero-order chi connectivity index (χ0) is 15.9. The van der Waals surface area contributed by atoms with Crippen molar-refractivity contribution in [3.05, 3.63) is 45.3 Å². The Kier molecular flexibility index (Phi) is 3.89. The smallest absolute Gasteiger partial charge is 0.406 e. The Hall–Kier alpha value is -1.55. The van der Waals surface area contributed by atoms with Gasteiger partial charge in [-0.2, -0.15) is 5.10 Å².